The first-order valence-electron chi connectivity index (χ1n) is 8.75. The molecule has 1 aromatic heterocycles. The van der Waals surface area contributed by atoms with Crippen molar-refractivity contribution in [1.82, 2.24) is 25.6 Å². The number of piperidine rings is 1. The summed E-state index contributed by atoms with van der Waals surface area (Å²) in [5.74, 6) is 0.604. The van der Waals surface area contributed by atoms with Gasteiger partial charge in [-0.1, -0.05) is 17.3 Å². The molecule has 0 unspecified atom stereocenters. The van der Waals surface area contributed by atoms with Crippen molar-refractivity contribution in [2.75, 3.05) is 26.2 Å². The molecule has 26 heavy (non-hydrogen) atoms. The zero-order valence-electron chi connectivity index (χ0n) is 15.2. The molecule has 7 nitrogen and oxygen atoms in total. The van der Waals surface area contributed by atoms with Crippen molar-refractivity contribution in [2.45, 2.75) is 32.7 Å². The van der Waals surface area contributed by atoms with Crippen molar-refractivity contribution in [1.29, 1.82) is 0 Å². The van der Waals surface area contributed by atoms with E-state index in [0.717, 1.165) is 42.9 Å². The Labute approximate surface area is 159 Å². The van der Waals surface area contributed by atoms with Crippen LogP contribution in [0.4, 0.5) is 0 Å². The fourth-order valence-corrected chi connectivity index (χ4v) is 3.07. The van der Waals surface area contributed by atoms with Gasteiger partial charge in [0, 0.05) is 0 Å². The summed E-state index contributed by atoms with van der Waals surface area (Å²) in [5, 5.41) is 14.5. The van der Waals surface area contributed by atoms with Crippen LogP contribution in [0.15, 0.2) is 24.3 Å². The Morgan fingerprint density at radius 1 is 1.35 bits per heavy atom. The summed E-state index contributed by atoms with van der Waals surface area (Å²) in [6, 6.07) is 8.16. The molecule has 1 aromatic carbocycles. The summed E-state index contributed by atoms with van der Waals surface area (Å²) in [6.07, 6.45) is 2.02. The normalized spacial score (nSPS) is 14.5. The molecule has 0 spiro atoms. The number of aryl methyl sites for hydroxylation is 1. The fraction of sp³-hybridized carbons (Fsp3) is 0.500. The predicted octanol–water partition coefficient (Wildman–Crippen LogP) is 2.05. The zero-order chi connectivity index (χ0) is 17.6. The minimum atomic E-state index is -0.203. The number of halogens is 1. The highest BCUT2D eigenvalue weighted by atomic mass is 35.5. The van der Waals surface area contributed by atoms with Gasteiger partial charge in [-0.15, -0.1) is 17.5 Å². The van der Waals surface area contributed by atoms with Crippen LogP contribution in [0.25, 0.3) is 0 Å². The van der Waals surface area contributed by atoms with Crippen LogP contribution >= 0.6 is 12.4 Å². The highest BCUT2D eigenvalue weighted by Gasteiger charge is 2.22. The fourth-order valence-electron chi connectivity index (χ4n) is 3.07. The predicted molar refractivity (Wildman–Crippen MR) is 102 cm³/mol. The van der Waals surface area contributed by atoms with E-state index in [2.05, 4.69) is 20.9 Å². The van der Waals surface area contributed by atoms with Crippen molar-refractivity contribution in [3.05, 3.63) is 41.2 Å². The van der Waals surface area contributed by atoms with E-state index in [4.69, 9.17) is 4.74 Å². The number of amides is 1. The minimum absolute atomic E-state index is 0. The Bertz CT molecular complexity index is 728. The van der Waals surface area contributed by atoms with Crippen molar-refractivity contribution in [3.63, 3.8) is 0 Å². The molecule has 0 aliphatic carbocycles. The molecule has 2 heterocycles. The average molecular weight is 380 g/mol. The number of benzene rings is 1. The van der Waals surface area contributed by atoms with Crippen LogP contribution in [0.2, 0.25) is 0 Å². The van der Waals surface area contributed by atoms with Crippen LogP contribution in [0.1, 0.15) is 40.6 Å². The largest absolute Gasteiger partial charge is 0.492 e. The molecule has 0 bridgehead atoms. The van der Waals surface area contributed by atoms with E-state index in [1.54, 1.807) is 0 Å². The van der Waals surface area contributed by atoms with E-state index >= 15 is 0 Å². The van der Waals surface area contributed by atoms with Gasteiger partial charge in [0.2, 0.25) is 0 Å². The molecule has 3 rings (SSSR count). The van der Waals surface area contributed by atoms with Crippen LogP contribution in [0.5, 0.6) is 5.75 Å². The first-order valence-corrected chi connectivity index (χ1v) is 8.75. The molecule has 1 aliphatic rings. The molecule has 8 heteroatoms. The van der Waals surface area contributed by atoms with Gasteiger partial charge >= 0.3 is 0 Å². The highest BCUT2D eigenvalue weighted by Crippen LogP contribution is 2.20. The molecule has 1 aliphatic heterocycles. The Kier molecular flexibility index (Phi) is 7.41. The van der Waals surface area contributed by atoms with Crippen LogP contribution < -0.4 is 15.4 Å². The summed E-state index contributed by atoms with van der Waals surface area (Å²) in [7, 11) is 0. The molecule has 1 saturated heterocycles. The molecular weight excluding hydrogens is 354 g/mol. The number of ether oxygens (including phenoxy) is 1. The maximum Gasteiger partial charge on any atom is 0.273 e. The minimum Gasteiger partial charge on any atom is -0.492 e. The third kappa shape index (κ3) is 4.95. The lowest BCUT2D eigenvalue weighted by Gasteiger charge is -2.23. The van der Waals surface area contributed by atoms with Gasteiger partial charge in [0.15, 0.2) is 5.69 Å². The van der Waals surface area contributed by atoms with E-state index in [-0.39, 0.29) is 18.3 Å². The Morgan fingerprint density at radius 3 is 2.85 bits per heavy atom. The Morgan fingerprint density at radius 2 is 2.12 bits per heavy atom. The van der Waals surface area contributed by atoms with Crippen molar-refractivity contribution >= 4 is 18.3 Å². The molecule has 0 atom stereocenters. The van der Waals surface area contributed by atoms with E-state index in [1.807, 2.05) is 42.8 Å². The zero-order valence-corrected chi connectivity index (χ0v) is 16.0. The van der Waals surface area contributed by atoms with E-state index in [0.29, 0.717) is 24.9 Å². The third-order valence-corrected chi connectivity index (χ3v) is 4.44. The van der Waals surface area contributed by atoms with E-state index in [9.17, 15) is 4.79 Å². The summed E-state index contributed by atoms with van der Waals surface area (Å²) in [5.41, 5.74) is 2.37. The molecule has 2 aromatic rings. The number of hydrogen-bond donors (Lipinski definition) is 2. The van der Waals surface area contributed by atoms with Gasteiger partial charge in [0.25, 0.3) is 5.91 Å². The smallest absolute Gasteiger partial charge is 0.273 e. The van der Waals surface area contributed by atoms with Gasteiger partial charge in [-0.05, 0) is 57.5 Å². The molecule has 142 valence electrons. The number of rotatable bonds is 6. The lowest BCUT2D eigenvalue weighted by Crippen LogP contribution is -2.31. The quantitative estimate of drug-likeness (QED) is 0.751. The SMILES string of the molecule is Cc1cccc(OCCNC(=O)c2nnn(C3CCNCC3)c2C)c1.Cl. The summed E-state index contributed by atoms with van der Waals surface area (Å²) in [4.78, 5) is 12.3. The second kappa shape index (κ2) is 9.54. The highest BCUT2D eigenvalue weighted by molar-refractivity contribution is 5.93. The number of carbonyl (C=O) groups is 1. The van der Waals surface area contributed by atoms with Gasteiger partial charge in [-0.2, -0.15) is 0 Å². The molecular formula is C18H26ClN5O2. The molecule has 1 fully saturated rings. The summed E-state index contributed by atoms with van der Waals surface area (Å²) >= 11 is 0. The Balaban J connectivity index is 0.00000243. The van der Waals surface area contributed by atoms with Gasteiger partial charge in [-0.25, -0.2) is 4.68 Å². The van der Waals surface area contributed by atoms with Crippen molar-refractivity contribution in [3.8, 4) is 5.75 Å². The van der Waals surface area contributed by atoms with Gasteiger partial charge in [0.1, 0.15) is 12.4 Å². The maximum absolute atomic E-state index is 12.3. The number of carbonyl (C=O) groups excluding carboxylic acids is 1. The summed E-state index contributed by atoms with van der Waals surface area (Å²) in [6.45, 7) is 6.70. The second-order valence-corrected chi connectivity index (χ2v) is 6.37. The lowest BCUT2D eigenvalue weighted by atomic mass is 10.1. The van der Waals surface area contributed by atoms with Crippen LogP contribution in [0, 0.1) is 13.8 Å². The lowest BCUT2D eigenvalue weighted by molar-refractivity contribution is 0.0941. The van der Waals surface area contributed by atoms with Crippen LogP contribution in [-0.4, -0.2) is 47.1 Å². The van der Waals surface area contributed by atoms with Gasteiger partial charge < -0.3 is 15.4 Å². The first-order chi connectivity index (χ1) is 12.1. The topological polar surface area (TPSA) is 81.1 Å². The maximum atomic E-state index is 12.3. The number of nitrogens with one attached hydrogen (secondary N) is 2. The van der Waals surface area contributed by atoms with Crippen LogP contribution in [0.3, 0.4) is 0 Å². The standard InChI is InChI=1S/C18H25N5O2.ClH/c1-13-4-3-5-16(12-13)25-11-10-20-18(24)17-14(2)23(22-21-17)15-6-8-19-9-7-15;/h3-5,12,15,19H,6-11H2,1-2H3,(H,20,24);1H. The molecule has 0 saturated carbocycles. The molecule has 2 N–H and O–H groups in total. The monoisotopic (exact) mass is 379 g/mol. The molecule has 1 amide bonds. The second-order valence-electron chi connectivity index (χ2n) is 6.37. The summed E-state index contributed by atoms with van der Waals surface area (Å²) < 4.78 is 7.53. The number of hydrogen-bond acceptors (Lipinski definition) is 5. The van der Waals surface area contributed by atoms with E-state index in [1.165, 1.54) is 0 Å². The van der Waals surface area contributed by atoms with Gasteiger partial charge in [-0.3, -0.25) is 4.79 Å². The number of nitrogens with zero attached hydrogens (tertiary/aromatic N) is 3. The van der Waals surface area contributed by atoms with Crippen LogP contribution in [-0.2, 0) is 0 Å². The van der Waals surface area contributed by atoms with Gasteiger partial charge in [0.05, 0.1) is 18.3 Å². The first kappa shape index (κ1) is 20.2. The Hall–Kier alpha value is -2.12. The molecule has 0 radical (unpaired) electrons. The van der Waals surface area contributed by atoms with Crippen molar-refractivity contribution < 1.29 is 9.53 Å². The number of aromatic nitrogens is 3. The third-order valence-electron chi connectivity index (χ3n) is 4.44. The average Bonchev–Trinajstić information content (AvgIpc) is 3.01. The van der Waals surface area contributed by atoms with E-state index < -0.39 is 0 Å². The van der Waals surface area contributed by atoms with Crippen molar-refractivity contribution in [2.24, 2.45) is 0 Å².